The van der Waals surface area contributed by atoms with Crippen LogP contribution in [0.1, 0.15) is 30.5 Å². The zero-order valence-electron chi connectivity index (χ0n) is 10.7. The van der Waals surface area contributed by atoms with Gasteiger partial charge >= 0.3 is 5.97 Å². The van der Waals surface area contributed by atoms with Crippen LogP contribution in [0.5, 0.6) is 0 Å². The third kappa shape index (κ3) is 2.70. The fourth-order valence-electron chi connectivity index (χ4n) is 2.38. The van der Waals surface area contributed by atoms with Gasteiger partial charge in [0.15, 0.2) is 0 Å². The first kappa shape index (κ1) is 13.0. The number of benzene rings is 1. The van der Waals surface area contributed by atoms with E-state index in [4.69, 9.17) is 5.11 Å². The van der Waals surface area contributed by atoms with Gasteiger partial charge in [0.1, 0.15) is 5.82 Å². The summed E-state index contributed by atoms with van der Waals surface area (Å²) in [5.41, 5.74) is 1.60. The Morgan fingerprint density at radius 3 is 2.78 bits per heavy atom. The molecule has 4 heteroatoms. The lowest BCUT2D eigenvalue weighted by atomic mass is 9.92. The van der Waals surface area contributed by atoms with E-state index in [9.17, 15) is 9.18 Å². The molecule has 18 heavy (non-hydrogen) atoms. The Morgan fingerprint density at radius 2 is 2.22 bits per heavy atom. The van der Waals surface area contributed by atoms with Crippen molar-refractivity contribution in [3.8, 4) is 0 Å². The van der Waals surface area contributed by atoms with E-state index in [-0.39, 0.29) is 24.2 Å². The summed E-state index contributed by atoms with van der Waals surface area (Å²) in [6.07, 6.45) is 0.228. The second-order valence-corrected chi connectivity index (χ2v) is 5.10. The molecule has 1 unspecified atom stereocenters. The zero-order chi connectivity index (χ0) is 13.3. The van der Waals surface area contributed by atoms with E-state index in [1.165, 1.54) is 0 Å². The average Bonchev–Trinajstić information content (AvgIpc) is 2.25. The van der Waals surface area contributed by atoms with Crippen LogP contribution >= 0.6 is 0 Å². The van der Waals surface area contributed by atoms with Crippen LogP contribution in [0.15, 0.2) is 18.2 Å². The molecule has 0 amide bonds. The number of rotatable bonds is 4. The molecule has 1 atom stereocenters. The predicted molar refractivity (Wildman–Crippen MR) is 66.9 cm³/mol. The van der Waals surface area contributed by atoms with Gasteiger partial charge in [0, 0.05) is 19.1 Å². The Labute approximate surface area is 106 Å². The summed E-state index contributed by atoms with van der Waals surface area (Å²) in [6, 6.07) is 5.44. The molecule has 0 aliphatic carbocycles. The quantitative estimate of drug-likeness (QED) is 0.894. The van der Waals surface area contributed by atoms with Crippen molar-refractivity contribution >= 4 is 5.97 Å². The van der Waals surface area contributed by atoms with Crippen LogP contribution in [0, 0.1) is 18.7 Å². The van der Waals surface area contributed by atoms with Gasteiger partial charge in [-0.05, 0) is 37.0 Å². The van der Waals surface area contributed by atoms with Crippen molar-refractivity contribution < 1.29 is 14.3 Å². The van der Waals surface area contributed by atoms with Gasteiger partial charge < -0.3 is 5.11 Å². The summed E-state index contributed by atoms with van der Waals surface area (Å²) in [4.78, 5) is 12.7. The topological polar surface area (TPSA) is 40.5 Å². The number of carboxylic acid groups (broad SMARTS) is 1. The van der Waals surface area contributed by atoms with Crippen molar-refractivity contribution in [3.05, 3.63) is 35.1 Å². The summed E-state index contributed by atoms with van der Waals surface area (Å²) >= 11 is 0. The number of nitrogens with zero attached hydrogens (tertiary/aromatic N) is 1. The van der Waals surface area contributed by atoms with Crippen LogP contribution in [-0.4, -0.2) is 29.1 Å². The van der Waals surface area contributed by atoms with Gasteiger partial charge in [0.05, 0.1) is 6.42 Å². The van der Waals surface area contributed by atoms with E-state index in [0.29, 0.717) is 5.56 Å². The average molecular weight is 251 g/mol. The minimum absolute atomic E-state index is 0.144. The SMILES string of the molecule is Cc1ccc(C(C)N2CC(CC(=O)O)C2)cc1F. The minimum atomic E-state index is -0.742. The Bertz CT molecular complexity index is 455. The Hall–Kier alpha value is -1.42. The molecule has 1 aromatic rings. The molecular weight excluding hydrogens is 233 g/mol. The lowest BCUT2D eigenvalue weighted by Gasteiger charge is -2.43. The summed E-state index contributed by atoms with van der Waals surface area (Å²) in [6.45, 7) is 5.34. The second kappa shape index (κ2) is 5.06. The number of carbonyl (C=O) groups is 1. The third-order valence-electron chi connectivity index (χ3n) is 3.67. The van der Waals surface area contributed by atoms with Crippen LogP contribution in [0.3, 0.4) is 0 Å². The highest BCUT2D eigenvalue weighted by molar-refractivity contribution is 5.67. The number of aryl methyl sites for hydroxylation is 1. The third-order valence-corrected chi connectivity index (χ3v) is 3.67. The molecule has 1 heterocycles. The molecule has 0 spiro atoms. The van der Waals surface area contributed by atoms with Crippen LogP contribution in [0.25, 0.3) is 0 Å². The maximum atomic E-state index is 13.5. The Kier molecular flexibility index (Phi) is 3.66. The Morgan fingerprint density at radius 1 is 1.56 bits per heavy atom. The molecule has 1 fully saturated rings. The number of carboxylic acids is 1. The van der Waals surface area contributed by atoms with E-state index in [1.807, 2.05) is 13.0 Å². The van der Waals surface area contributed by atoms with Crippen molar-refractivity contribution in [2.45, 2.75) is 26.3 Å². The van der Waals surface area contributed by atoms with E-state index >= 15 is 0 Å². The van der Waals surface area contributed by atoms with Crippen LogP contribution < -0.4 is 0 Å². The normalized spacial score (nSPS) is 18.4. The highest BCUT2D eigenvalue weighted by Crippen LogP contribution is 2.30. The summed E-state index contributed by atoms with van der Waals surface area (Å²) < 4.78 is 13.5. The lowest BCUT2D eigenvalue weighted by Crippen LogP contribution is -2.48. The van der Waals surface area contributed by atoms with Crippen molar-refractivity contribution in [2.24, 2.45) is 5.92 Å². The summed E-state index contributed by atoms with van der Waals surface area (Å²) in [5.74, 6) is -0.684. The van der Waals surface area contributed by atoms with E-state index < -0.39 is 5.97 Å². The van der Waals surface area contributed by atoms with Gasteiger partial charge in [-0.15, -0.1) is 0 Å². The van der Waals surface area contributed by atoms with Gasteiger partial charge in [0.25, 0.3) is 0 Å². The van der Waals surface area contributed by atoms with Gasteiger partial charge in [0.2, 0.25) is 0 Å². The molecule has 0 saturated carbocycles. The van der Waals surface area contributed by atoms with Crippen LogP contribution in [0.2, 0.25) is 0 Å². The first-order valence-corrected chi connectivity index (χ1v) is 6.19. The zero-order valence-corrected chi connectivity index (χ0v) is 10.7. The van der Waals surface area contributed by atoms with Crippen molar-refractivity contribution in [2.75, 3.05) is 13.1 Å². The fraction of sp³-hybridized carbons (Fsp3) is 0.500. The summed E-state index contributed by atoms with van der Waals surface area (Å²) in [5, 5.41) is 8.69. The van der Waals surface area contributed by atoms with Gasteiger partial charge in [-0.3, -0.25) is 9.69 Å². The number of likely N-dealkylation sites (tertiary alicyclic amines) is 1. The van der Waals surface area contributed by atoms with E-state index in [0.717, 1.165) is 18.7 Å². The largest absolute Gasteiger partial charge is 0.481 e. The highest BCUT2D eigenvalue weighted by Gasteiger charge is 2.32. The molecule has 0 aromatic heterocycles. The number of hydrogen-bond donors (Lipinski definition) is 1. The monoisotopic (exact) mass is 251 g/mol. The number of halogens is 1. The van der Waals surface area contributed by atoms with Crippen molar-refractivity contribution in [3.63, 3.8) is 0 Å². The molecule has 1 N–H and O–H groups in total. The second-order valence-electron chi connectivity index (χ2n) is 5.10. The molecule has 0 bridgehead atoms. The van der Waals surface area contributed by atoms with Gasteiger partial charge in [-0.1, -0.05) is 12.1 Å². The lowest BCUT2D eigenvalue weighted by molar-refractivity contribution is -0.139. The number of aliphatic carboxylic acids is 1. The minimum Gasteiger partial charge on any atom is -0.481 e. The highest BCUT2D eigenvalue weighted by atomic mass is 19.1. The molecule has 98 valence electrons. The predicted octanol–water partition coefficient (Wildman–Crippen LogP) is 2.60. The van der Waals surface area contributed by atoms with E-state index in [1.54, 1.807) is 19.1 Å². The molecule has 1 saturated heterocycles. The van der Waals surface area contributed by atoms with Gasteiger partial charge in [-0.25, -0.2) is 4.39 Å². The number of hydrogen-bond acceptors (Lipinski definition) is 2. The summed E-state index contributed by atoms with van der Waals surface area (Å²) in [7, 11) is 0. The molecular formula is C14H18FNO2. The molecule has 3 nitrogen and oxygen atoms in total. The first-order chi connectivity index (χ1) is 8.47. The standard InChI is InChI=1S/C14H18FNO2/c1-9-3-4-12(6-13(9)15)10(2)16-7-11(8-16)5-14(17)18/h3-4,6,10-11H,5,7-8H2,1-2H3,(H,17,18). The first-order valence-electron chi connectivity index (χ1n) is 6.19. The molecule has 1 aromatic carbocycles. The van der Waals surface area contributed by atoms with Crippen molar-refractivity contribution in [1.82, 2.24) is 4.90 Å². The van der Waals surface area contributed by atoms with Crippen LogP contribution in [0.4, 0.5) is 4.39 Å². The van der Waals surface area contributed by atoms with Crippen molar-refractivity contribution in [1.29, 1.82) is 0 Å². The van der Waals surface area contributed by atoms with Crippen LogP contribution in [-0.2, 0) is 4.79 Å². The maximum absolute atomic E-state index is 13.5. The van der Waals surface area contributed by atoms with E-state index in [2.05, 4.69) is 4.90 Å². The smallest absolute Gasteiger partial charge is 0.303 e. The molecule has 0 radical (unpaired) electrons. The van der Waals surface area contributed by atoms with Gasteiger partial charge in [-0.2, -0.15) is 0 Å². The molecule has 1 aliphatic heterocycles. The fourth-order valence-corrected chi connectivity index (χ4v) is 2.38. The molecule has 2 rings (SSSR count). The Balaban J connectivity index is 1.95. The maximum Gasteiger partial charge on any atom is 0.303 e. The molecule has 1 aliphatic rings.